The molecule has 0 aliphatic carbocycles. The maximum atomic E-state index is 12.4. The third kappa shape index (κ3) is 44.3. The van der Waals surface area contributed by atoms with Crippen LogP contribution in [0, 0.1) is 0 Å². The van der Waals surface area contributed by atoms with E-state index in [0.29, 0.717) is 6.42 Å². The van der Waals surface area contributed by atoms with Crippen LogP contribution in [0.1, 0.15) is 213 Å². The molecule has 4 heteroatoms. The second-order valence-electron chi connectivity index (χ2n) is 15.8. The number of aliphatic hydroxyl groups is 2. The standard InChI is InChI=1S/C53H91NO3/c1-3-5-7-9-11-13-15-17-19-21-23-24-25-26-27-28-29-30-31-33-35-37-39-41-43-45-47-49-53(57)54-51(50-55)52(56)48-46-44-42-40-38-36-34-32-22-20-18-16-14-12-10-8-6-4-2/h5,7,11,13,17,19,23-24,26-27,29-30,38,40,46,48,51-52,55-56H,3-4,6,8-10,12,14-16,18,20-22,25,28,31-37,39,41-45,47,49-50H2,1-2H3,(H,54,57)/b7-5-,13-11-,19-17-,24-23-,27-26-,30-29-,40-38+,48-46+. The van der Waals surface area contributed by atoms with Crippen molar-refractivity contribution in [2.45, 2.75) is 225 Å². The summed E-state index contributed by atoms with van der Waals surface area (Å²) >= 11 is 0. The topological polar surface area (TPSA) is 69.6 Å². The lowest BCUT2D eigenvalue weighted by atomic mass is 10.0. The molecule has 0 saturated carbocycles. The van der Waals surface area contributed by atoms with E-state index < -0.39 is 12.1 Å². The van der Waals surface area contributed by atoms with Crippen LogP contribution in [-0.4, -0.2) is 34.9 Å². The lowest BCUT2D eigenvalue weighted by molar-refractivity contribution is -0.123. The van der Waals surface area contributed by atoms with Gasteiger partial charge >= 0.3 is 0 Å². The molecule has 2 atom stereocenters. The number of rotatable bonds is 42. The summed E-state index contributed by atoms with van der Waals surface area (Å²) in [6.07, 6.45) is 70.9. The van der Waals surface area contributed by atoms with Crippen molar-refractivity contribution < 1.29 is 15.0 Å². The Kier molecular flexibility index (Phi) is 45.4. The Balaban J connectivity index is 3.66. The Hall–Kier alpha value is -2.69. The van der Waals surface area contributed by atoms with E-state index in [1.165, 1.54) is 109 Å². The Morgan fingerprint density at radius 1 is 0.439 bits per heavy atom. The fourth-order valence-corrected chi connectivity index (χ4v) is 6.67. The van der Waals surface area contributed by atoms with Crippen LogP contribution >= 0.6 is 0 Å². The molecule has 3 N–H and O–H groups in total. The van der Waals surface area contributed by atoms with Crippen molar-refractivity contribution in [3.05, 3.63) is 97.2 Å². The molecule has 57 heavy (non-hydrogen) atoms. The van der Waals surface area contributed by atoms with E-state index in [9.17, 15) is 15.0 Å². The zero-order valence-corrected chi connectivity index (χ0v) is 37.3. The van der Waals surface area contributed by atoms with Gasteiger partial charge in [0.2, 0.25) is 5.91 Å². The van der Waals surface area contributed by atoms with Gasteiger partial charge < -0.3 is 15.5 Å². The second kappa shape index (κ2) is 47.7. The van der Waals surface area contributed by atoms with Gasteiger partial charge in [0, 0.05) is 6.42 Å². The Morgan fingerprint density at radius 2 is 0.789 bits per heavy atom. The van der Waals surface area contributed by atoms with Gasteiger partial charge in [-0.05, 0) is 83.5 Å². The molecule has 0 heterocycles. The second-order valence-corrected chi connectivity index (χ2v) is 15.8. The maximum absolute atomic E-state index is 12.4. The monoisotopic (exact) mass is 790 g/mol. The van der Waals surface area contributed by atoms with Crippen molar-refractivity contribution in [1.29, 1.82) is 0 Å². The van der Waals surface area contributed by atoms with Gasteiger partial charge in [0.05, 0.1) is 18.8 Å². The lowest BCUT2D eigenvalue weighted by Crippen LogP contribution is -2.45. The Bertz CT molecular complexity index is 1080. The van der Waals surface area contributed by atoms with E-state index in [1.54, 1.807) is 6.08 Å². The number of aliphatic hydroxyl groups excluding tert-OH is 2. The smallest absolute Gasteiger partial charge is 0.220 e. The number of hydrogen-bond donors (Lipinski definition) is 3. The number of carbonyl (C=O) groups is 1. The van der Waals surface area contributed by atoms with Crippen LogP contribution in [0.5, 0.6) is 0 Å². The summed E-state index contributed by atoms with van der Waals surface area (Å²) in [7, 11) is 0. The first kappa shape index (κ1) is 54.3. The van der Waals surface area contributed by atoms with Crippen molar-refractivity contribution in [3.63, 3.8) is 0 Å². The van der Waals surface area contributed by atoms with Crippen molar-refractivity contribution in [1.82, 2.24) is 5.32 Å². The highest BCUT2D eigenvalue weighted by atomic mass is 16.3. The predicted octanol–water partition coefficient (Wildman–Crippen LogP) is 15.4. The summed E-state index contributed by atoms with van der Waals surface area (Å²) in [5, 5.41) is 23.0. The van der Waals surface area contributed by atoms with E-state index in [0.717, 1.165) is 83.5 Å². The van der Waals surface area contributed by atoms with Crippen LogP contribution in [0.15, 0.2) is 97.2 Å². The number of nitrogens with one attached hydrogen (secondary N) is 1. The molecule has 0 aliphatic rings. The third-order valence-corrected chi connectivity index (χ3v) is 10.3. The van der Waals surface area contributed by atoms with Crippen LogP contribution in [0.3, 0.4) is 0 Å². The van der Waals surface area contributed by atoms with Crippen LogP contribution in [0.25, 0.3) is 0 Å². The molecule has 0 rings (SSSR count). The van der Waals surface area contributed by atoms with E-state index in [2.05, 4.69) is 104 Å². The quantitative estimate of drug-likeness (QED) is 0.0426. The van der Waals surface area contributed by atoms with E-state index in [4.69, 9.17) is 0 Å². The number of unbranched alkanes of at least 4 members (excludes halogenated alkanes) is 21. The molecule has 0 fully saturated rings. The van der Waals surface area contributed by atoms with Gasteiger partial charge in [-0.2, -0.15) is 0 Å². The average Bonchev–Trinajstić information content (AvgIpc) is 3.22. The Morgan fingerprint density at radius 3 is 1.23 bits per heavy atom. The molecular formula is C53H91NO3. The third-order valence-electron chi connectivity index (χ3n) is 10.3. The minimum Gasteiger partial charge on any atom is -0.394 e. The van der Waals surface area contributed by atoms with E-state index >= 15 is 0 Å². The fraction of sp³-hybridized carbons (Fsp3) is 0.679. The molecule has 326 valence electrons. The summed E-state index contributed by atoms with van der Waals surface area (Å²) in [4.78, 5) is 12.4. The van der Waals surface area contributed by atoms with Crippen LogP contribution in [-0.2, 0) is 4.79 Å². The highest BCUT2D eigenvalue weighted by Crippen LogP contribution is 2.14. The molecule has 0 aliphatic heterocycles. The van der Waals surface area contributed by atoms with E-state index in [1.807, 2.05) is 6.08 Å². The van der Waals surface area contributed by atoms with Crippen molar-refractivity contribution in [2.75, 3.05) is 6.61 Å². The van der Waals surface area contributed by atoms with Gasteiger partial charge in [0.25, 0.3) is 0 Å². The molecular weight excluding hydrogens is 699 g/mol. The first-order valence-corrected chi connectivity index (χ1v) is 24.0. The zero-order chi connectivity index (χ0) is 41.4. The van der Waals surface area contributed by atoms with Gasteiger partial charge in [-0.25, -0.2) is 0 Å². The van der Waals surface area contributed by atoms with Crippen LogP contribution in [0.2, 0.25) is 0 Å². The van der Waals surface area contributed by atoms with Crippen LogP contribution in [0.4, 0.5) is 0 Å². The summed E-state index contributed by atoms with van der Waals surface area (Å²) in [6.45, 7) is 4.17. The Labute approximate surface area is 353 Å². The SMILES string of the molecule is CC/C=C\C/C=C\C/C=C\C/C=C\C/C=C\C/C=C\CCCCCCCCCCC(=O)NC(CO)C(O)/C=C/CC/C=C/CCCCCCCCCCCCCC. The molecule has 0 aromatic heterocycles. The van der Waals surface area contributed by atoms with Gasteiger partial charge in [-0.3, -0.25) is 4.79 Å². The molecule has 0 saturated heterocycles. The average molecular weight is 790 g/mol. The molecule has 0 spiro atoms. The van der Waals surface area contributed by atoms with Gasteiger partial charge in [0.1, 0.15) is 0 Å². The molecule has 0 aromatic carbocycles. The molecule has 0 aromatic rings. The largest absolute Gasteiger partial charge is 0.394 e. The van der Waals surface area contributed by atoms with Crippen molar-refractivity contribution in [3.8, 4) is 0 Å². The van der Waals surface area contributed by atoms with Crippen molar-refractivity contribution >= 4 is 5.91 Å². The minimum atomic E-state index is -0.872. The highest BCUT2D eigenvalue weighted by Gasteiger charge is 2.17. The van der Waals surface area contributed by atoms with Gasteiger partial charge in [-0.1, -0.05) is 220 Å². The summed E-state index contributed by atoms with van der Waals surface area (Å²) in [6, 6.07) is -0.650. The molecule has 2 unspecified atom stereocenters. The first-order chi connectivity index (χ1) is 28.2. The van der Waals surface area contributed by atoms with Gasteiger partial charge in [-0.15, -0.1) is 0 Å². The number of hydrogen-bond acceptors (Lipinski definition) is 3. The zero-order valence-electron chi connectivity index (χ0n) is 37.3. The normalized spacial score (nSPS) is 13.8. The molecule has 0 bridgehead atoms. The molecule has 0 radical (unpaired) electrons. The maximum Gasteiger partial charge on any atom is 0.220 e. The number of carbonyl (C=O) groups excluding carboxylic acids is 1. The van der Waals surface area contributed by atoms with Crippen molar-refractivity contribution in [2.24, 2.45) is 0 Å². The molecule has 1 amide bonds. The summed E-state index contributed by atoms with van der Waals surface area (Å²) < 4.78 is 0. The minimum absolute atomic E-state index is 0.0864. The predicted molar refractivity (Wildman–Crippen MR) is 253 cm³/mol. The fourth-order valence-electron chi connectivity index (χ4n) is 6.67. The lowest BCUT2D eigenvalue weighted by Gasteiger charge is -2.19. The van der Waals surface area contributed by atoms with E-state index in [-0.39, 0.29) is 12.5 Å². The number of amides is 1. The van der Waals surface area contributed by atoms with Crippen LogP contribution < -0.4 is 5.32 Å². The van der Waals surface area contributed by atoms with Gasteiger partial charge in [0.15, 0.2) is 0 Å². The summed E-state index contributed by atoms with van der Waals surface area (Å²) in [5.41, 5.74) is 0. The highest BCUT2D eigenvalue weighted by molar-refractivity contribution is 5.76. The summed E-state index contributed by atoms with van der Waals surface area (Å²) in [5.74, 6) is -0.0864. The first-order valence-electron chi connectivity index (χ1n) is 24.0. The number of allylic oxidation sites excluding steroid dienone is 15. The molecule has 4 nitrogen and oxygen atoms in total.